The fraction of sp³-hybridized carbons (Fsp3) is 0.692. The second-order valence-corrected chi connectivity index (χ2v) is 7.71. The standard InChI is InChI=1S/C15H31N3O4.C8H10F2.C2H6.CH4O/c1-6-18(12-19)11-13(21-5)10-16-8-7-9-17-14(20)22-15(2,3)4;1-2-3-4-5-8(10)6-7-9;2*1-2/h12-13,16H,6-11H2,1-5H3,(H,17,20);2-8H,1H3;1-2H3;2H,1H3/b;3-2-,5-4?,7-6+;;/t13-;;;/m0.../s1. The van der Waals surface area contributed by atoms with E-state index in [-0.39, 0.29) is 12.4 Å². The number of ether oxygens (including phenoxy) is 2. The minimum absolute atomic E-state index is 0.0380. The topological polar surface area (TPSA) is 100 Å². The van der Waals surface area contributed by atoms with Gasteiger partial charge in [-0.2, -0.15) is 0 Å². The van der Waals surface area contributed by atoms with Crippen LogP contribution in [0.15, 0.2) is 36.7 Å². The Kier molecular flexibility index (Phi) is 34.9. The molecule has 0 radical (unpaired) electrons. The zero-order valence-corrected chi connectivity index (χ0v) is 23.7. The van der Waals surface area contributed by atoms with Crippen molar-refractivity contribution in [3.05, 3.63) is 36.7 Å². The number of nitrogens with one attached hydrogen (secondary N) is 2. The molecule has 0 aliphatic carbocycles. The Morgan fingerprint density at radius 1 is 1.14 bits per heavy atom. The lowest BCUT2D eigenvalue weighted by molar-refractivity contribution is -0.119. The molecule has 0 rings (SSSR count). The molecule has 0 aromatic rings. The van der Waals surface area contributed by atoms with Crippen molar-refractivity contribution >= 4 is 12.5 Å². The van der Waals surface area contributed by atoms with Gasteiger partial charge in [-0.25, -0.2) is 13.6 Å². The zero-order chi connectivity index (χ0) is 28.8. The Labute approximate surface area is 217 Å². The van der Waals surface area contributed by atoms with Crippen LogP contribution in [0.5, 0.6) is 0 Å². The normalized spacial score (nSPS) is 12.4. The number of amides is 2. The summed E-state index contributed by atoms with van der Waals surface area (Å²) in [5.74, 6) is 0. The lowest BCUT2D eigenvalue weighted by atomic mass is 10.2. The summed E-state index contributed by atoms with van der Waals surface area (Å²) in [6.07, 6.45) is 7.14. The molecular weight excluding hydrogens is 472 g/mol. The van der Waals surface area contributed by atoms with Crippen LogP contribution in [0.2, 0.25) is 0 Å². The van der Waals surface area contributed by atoms with Crippen LogP contribution in [0, 0.1) is 0 Å². The van der Waals surface area contributed by atoms with E-state index in [9.17, 15) is 18.4 Å². The third-order valence-electron chi connectivity index (χ3n) is 3.75. The van der Waals surface area contributed by atoms with Gasteiger partial charge in [-0.05, 0) is 59.7 Å². The number of alkyl carbamates (subject to hydrolysis) is 1. The summed E-state index contributed by atoms with van der Waals surface area (Å²) < 4.78 is 34.0. The first kappa shape index (κ1) is 40.9. The van der Waals surface area contributed by atoms with Crippen LogP contribution in [0.3, 0.4) is 0 Å². The van der Waals surface area contributed by atoms with Gasteiger partial charge in [0.05, 0.1) is 12.4 Å². The summed E-state index contributed by atoms with van der Waals surface area (Å²) in [6, 6.07) is 0. The van der Waals surface area contributed by atoms with Crippen molar-refractivity contribution in [2.45, 2.75) is 72.8 Å². The number of alkyl halides is 1. The molecule has 2 amide bonds. The highest BCUT2D eigenvalue weighted by Gasteiger charge is 2.15. The van der Waals surface area contributed by atoms with Crippen molar-refractivity contribution in [2.24, 2.45) is 0 Å². The summed E-state index contributed by atoms with van der Waals surface area (Å²) in [5.41, 5.74) is -0.474. The molecule has 2 atom stereocenters. The Morgan fingerprint density at radius 2 is 1.75 bits per heavy atom. The third kappa shape index (κ3) is 33.9. The summed E-state index contributed by atoms with van der Waals surface area (Å²) in [7, 11) is 2.63. The number of allylic oxidation sites excluding steroid dienone is 5. The molecule has 0 aliphatic rings. The molecule has 0 aromatic heterocycles. The van der Waals surface area contributed by atoms with Crippen molar-refractivity contribution in [1.29, 1.82) is 0 Å². The van der Waals surface area contributed by atoms with Crippen LogP contribution in [0.25, 0.3) is 0 Å². The van der Waals surface area contributed by atoms with E-state index in [4.69, 9.17) is 14.6 Å². The molecule has 3 N–H and O–H groups in total. The summed E-state index contributed by atoms with van der Waals surface area (Å²) in [6.45, 7) is 16.4. The molecule has 8 nitrogen and oxygen atoms in total. The Bertz CT molecular complexity index is 568. The third-order valence-corrected chi connectivity index (χ3v) is 3.75. The van der Waals surface area contributed by atoms with Crippen LogP contribution in [-0.2, 0) is 14.3 Å². The molecule has 1 unspecified atom stereocenters. The van der Waals surface area contributed by atoms with Gasteiger partial charge in [0.2, 0.25) is 6.41 Å². The van der Waals surface area contributed by atoms with Crippen molar-refractivity contribution in [1.82, 2.24) is 15.5 Å². The van der Waals surface area contributed by atoms with E-state index in [0.717, 1.165) is 32.6 Å². The van der Waals surface area contributed by atoms with Gasteiger partial charge >= 0.3 is 6.09 Å². The number of halogens is 2. The minimum atomic E-state index is -1.32. The van der Waals surface area contributed by atoms with Crippen LogP contribution in [0.1, 0.15) is 54.9 Å². The van der Waals surface area contributed by atoms with Crippen molar-refractivity contribution in [3.8, 4) is 0 Å². The predicted molar refractivity (Wildman–Crippen MR) is 144 cm³/mol. The van der Waals surface area contributed by atoms with E-state index in [1.54, 1.807) is 24.2 Å². The number of carbonyl (C=O) groups excluding carboxylic acids is 2. The lowest BCUT2D eigenvalue weighted by Crippen LogP contribution is -2.39. The Balaban J connectivity index is -0.000000305. The zero-order valence-electron chi connectivity index (χ0n) is 23.7. The average Bonchev–Trinajstić information content (AvgIpc) is 2.85. The highest BCUT2D eigenvalue weighted by molar-refractivity contribution is 5.67. The Hall–Kier alpha value is -2.30. The maximum atomic E-state index is 12.3. The maximum Gasteiger partial charge on any atom is 0.407 e. The first-order chi connectivity index (χ1) is 17.1. The number of methoxy groups -OCH3 is 1. The number of carbonyl (C=O) groups is 2. The van der Waals surface area contributed by atoms with Crippen molar-refractivity contribution < 1.29 is 33.0 Å². The lowest BCUT2D eigenvalue weighted by Gasteiger charge is -2.22. The summed E-state index contributed by atoms with van der Waals surface area (Å²) in [5, 5.41) is 13.0. The van der Waals surface area contributed by atoms with E-state index in [2.05, 4.69) is 10.6 Å². The van der Waals surface area contributed by atoms with Gasteiger partial charge in [-0.15, -0.1) is 0 Å². The number of aliphatic hydroxyl groups excluding tert-OH is 1. The first-order valence-electron chi connectivity index (χ1n) is 12.2. The van der Waals surface area contributed by atoms with E-state index in [1.807, 2.05) is 48.5 Å². The number of rotatable bonds is 14. The second kappa shape index (κ2) is 30.7. The number of aliphatic hydroxyl groups is 1. The smallest absolute Gasteiger partial charge is 0.407 e. The van der Waals surface area contributed by atoms with Gasteiger partial charge in [0.15, 0.2) is 0 Å². The molecule has 0 saturated heterocycles. The fourth-order valence-electron chi connectivity index (χ4n) is 2.13. The van der Waals surface area contributed by atoms with Crippen LogP contribution in [0.4, 0.5) is 13.6 Å². The number of hydrogen-bond acceptors (Lipinski definition) is 6. The number of nitrogens with zero attached hydrogens (tertiary/aromatic N) is 1. The van der Waals surface area contributed by atoms with Crippen LogP contribution in [-0.4, -0.2) is 87.3 Å². The van der Waals surface area contributed by atoms with Gasteiger partial charge in [0.1, 0.15) is 11.8 Å². The highest BCUT2D eigenvalue weighted by Crippen LogP contribution is 2.06. The molecule has 0 aromatic carbocycles. The average molecular weight is 524 g/mol. The maximum absolute atomic E-state index is 12.3. The molecule has 0 bridgehead atoms. The SMILES string of the molecule is C/C=C\C=CC(F)/C=C/F.CC.CCN(C=O)C[C@H](CNCCCNC(=O)OC(C)(C)C)OC.CO. The molecule has 0 spiro atoms. The van der Waals surface area contributed by atoms with E-state index in [1.165, 1.54) is 12.2 Å². The monoisotopic (exact) mass is 523 g/mol. The van der Waals surface area contributed by atoms with Gasteiger partial charge in [0, 0.05) is 40.4 Å². The van der Waals surface area contributed by atoms with Crippen molar-refractivity contribution in [3.63, 3.8) is 0 Å². The predicted octanol–water partition coefficient (Wildman–Crippen LogP) is 4.56. The number of likely N-dealkylation sites (N-methyl/N-ethyl adjacent to an activating group) is 1. The second-order valence-electron chi connectivity index (χ2n) is 7.71. The summed E-state index contributed by atoms with van der Waals surface area (Å²) >= 11 is 0. The molecule has 0 heterocycles. The molecule has 10 heteroatoms. The molecule has 0 saturated carbocycles. The molecule has 0 fully saturated rings. The van der Waals surface area contributed by atoms with Crippen LogP contribution < -0.4 is 10.6 Å². The van der Waals surface area contributed by atoms with Crippen molar-refractivity contribution in [2.75, 3.05) is 46.9 Å². The molecular formula is C26H51F2N3O5. The fourth-order valence-corrected chi connectivity index (χ4v) is 2.13. The largest absolute Gasteiger partial charge is 0.444 e. The van der Waals surface area contributed by atoms with E-state index < -0.39 is 17.9 Å². The van der Waals surface area contributed by atoms with E-state index in [0.29, 0.717) is 26.2 Å². The van der Waals surface area contributed by atoms with Gasteiger partial charge in [-0.3, -0.25) is 4.79 Å². The highest BCUT2D eigenvalue weighted by atomic mass is 19.1. The summed E-state index contributed by atoms with van der Waals surface area (Å²) in [4.78, 5) is 23.9. The van der Waals surface area contributed by atoms with Crippen LogP contribution >= 0.6 is 0 Å². The van der Waals surface area contributed by atoms with E-state index >= 15 is 0 Å². The molecule has 36 heavy (non-hydrogen) atoms. The van der Waals surface area contributed by atoms with Gasteiger partial charge < -0.3 is 30.1 Å². The molecule has 214 valence electrons. The minimum Gasteiger partial charge on any atom is -0.444 e. The quantitative estimate of drug-likeness (QED) is 0.175. The van der Waals surface area contributed by atoms with Gasteiger partial charge in [0.25, 0.3) is 0 Å². The molecule has 0 aliphatic heterocycles. The Morgan fingerprint density at radius 3 is 2.19 bits per heavy atom. The number of hydrogen-bond donors (Lipinski definition) is 3. The first-order valence-corrected chi connectivity index (χ1v) is 12.2. The van der Waals surface area contributed by atoms with Gasteiger partial charge in [-0.1, -0.05) is 32.1 Å².